The van der Waals surface area contributed by atoms with E-state index in [-0.39, 0.29) is 5.91 Å². The Morgan fingerprint density at radius 3 is 2.35 bits per heavy atom. The van der Waals surface area contributed by atoms with Crippen LogP contribution in [-0.4, -0.2) is 15.7 Å². The molecule has 23 heavy (non-hydrogen) atoms. The lowest BCUT2D eigenvalue weighted by Gasteiger charge is -2.05. The third kappa shape index (κ3) is 3.36. The number of amides is 1. The van der Waals surface area contributed by atoms with E-state index in [1.165, 1.54) is 0 Å². The molecule has 2 aromatic carbocycles. The topological polar surface area (TPSA) is 72.9 Å². The van der Waals surface area contributed by atoms with E-state index in [1.807, 2.05) is 66.9 Å². The summed E-state index contributed by atoms with van der Waals surface area (Å²) in [6.45, 7) is 0. The lowest BCUT2D eigenvalue weighted by Crippen LogP contribution is -2.30. The summed E-state index contributed by atoms with van der Waals surface area (Å²) < 4.78 is 1.76. The van der Waals surface area contributed by atoms with E-state index in [1.54, 1.807) is 17.0 Å². The second kappa shape index (κ2) is 6.72. The molecular weight excluding hydrogens is 288 g/mol. The number of benzene rings is 2. The quantitative estimate of drug-likeness (QED) is 0.336. The second-order valence-electron chi connectivity index (χ2n) is 4.95. The molecule has 0 atom stereocenters. The number of nitrogens with one attached hydrogen (secondary N) is 1. The van der Waals surface area contributed by atoms with Crippen LogP contribution < -0.4 is 11.3 Å². The van der Waals surface area contributed by atoms with Crippen molar-refractivity contribution < 1.29 is 4.79 Å². The fourth-order valence-electron chi connectivity index (χ4n) is 2.28. The van der Waals surface area contributed by atoms with Gasteiger partial charge in [0.2, 0.25) is 0 Å². The number of para-hydroxylation sites is 1. The van der Waals surface area contributed by atoms with Gasteiger partial charge >= 0.3 is 0 Å². The highest BCUT2D eigenvalue weighted by Crippen LogP contribution is 2.19. The van der Waals surface area contributed by atoms with Crippen molar-refractivity contribution in [2.75, 3.05) is 0 Å². The van der Waals surface area contributed by atoms with Crippen LogP contribution >= 0.6 is 0 Å². The highest BCUT2D eigenvalue weighted by molar-refractivity contribution is 6.23. The molecule has 0 fully saturated rings. The molecule has 0 spiro atoms. The highest BCUT2D eigenvalue weighted by Gasteiger charge is 2.11. The van der Waals surface area contributed by atoms with Crippen LogP contribution in [0.3, 0.4) is 0 Å². The van der Waals surface area contributed by atoms with Crippen molar-refractivity contribution in [2.24, 2.45) is 5.84 Å². The minimum absolute atomic E-state index is 0.344. The molecule has 3 rings (SSSR count). The van der Waals surface area contributed by atoms with Crippen LogP contribution in [0.2, 0.25) is 0 Å². The average Bonchev–Trinajstić information content (AvgIpc) is 3.09. The van der Waals surface area contributed by atoms with Crippen LogP contribution in [0.25, 0.3) is 17.3 Å². The van der Waals surface area contributed by atoms with Crippen molar-refractivity contribution in [1.82, 2.24) is 15.2 Å². The summed E-state index contributed by atoms with van der Waals surface area (Å²) in [5, 5.41) is 4.33. The van der Waals surface area contributed by atoms with Gasteiger partial charge in [-0.2, -0.15) is 5.10 Å². The lowest BCUT2D eigenvalue weighted by molar-refractivity contribution is -0.115. The normalized spacial score (nSPS) is 11.3. The van der Waals surface area contributed by atoms with Gasteiger partial charge < -0.3 is 0 Å². The van der Waals surface area contributed by atoms with E-state index < -0.39 is 0 Å². The molecule has 0 saturated carbocycles. The Morgan fingerprint density at radius 2 is 1.70 bits per heavy atom. The molecule has 0 aliphatic carbocycles. The monoisotopic (exact) mass is 304 g/mol. The molecule has 1 heterocycles. The molecule has 1 aromatic heterocycles. The standard InChI is InChI=1S/C18H16N4O/c19-21-18(23)17(15-7-3-1-4-8-15)11-14-12-20-22(13-14)16-9-5-2-6-10-16/h1-13H,19H2,(H,21,23)/b17-11+. The third-order valence-corrected chi connectivity index (χ3v) is 3.39. The van der Waals surface area contributed by atoms with Crippen LogP contribution in [0.1, 0.15) is 11.1 Å². The predicted octanol–water partition coefficient (Wildman–Crippen LogP) is 2.40. The number of hydrogen-bond acceptors (Lipinski definition) is 3. The van der Waals surface area contributed by atoms with Crippen molar-refractivity contribution in [1.29, 1.82) is 0 Å². The molecule has 3 aromatic rings. The number of nitrogens with two attached hydrogens (primary N) is 1. The number of nitrogens with zero attached hydrogens (tertiary/aromatic N) is 2. The van der Waals surface area contributed by atoms with E-state index in [9.17, 15) is 4.79 Å². The van der Waals surface area contributed by atoms with E-state index in [0.29, 0.717) is 5.57 Å². The molecule has 1 amide bonds. The molecule has 5 nitrogen and oxygen atoms in total. The minimum Gasteiger partial charge on any atom is -0.290 e. The Morgan fingerprint density at radius 1 is 1.04 bits per heavy atom. The predicted molar refractivity (Wildman–Crippen MR) is 90.2 cm³/mol. The van der Waals surface area contributed by atoms with Crippen molar-refractivity contribution in [3.8, 4) is 5.69 Å². The molecule has 0 radical (unpaired) electrons. The van der Waals surface area contributed by atoms with Gasteiger partial charge in [0.25, 0.3) is 5.91 Å². The van der Waals surface area contributed by atoms with Crippen LogP contribution in [0.5, 0.6) is 0 Å². The molecule has 3 N–H and O–H groups in total. The van der Waals surface area contributed by atoms with Crippen molar-refractivity contribution >= 4 is 17.6 Å². The molecular formula is C18H16N4O. The fraction of sp³-hybridized carbons (Fsp3) is 0. The maximum Gasteiger partial charge on any atom is 0.265 e. The molecule has 5 heteroatoms. The molecule has 0 bridgehead atoms. The average molecular weight is 304 g/mol. The summed E-state index contributed by atoms with van der Waals surface area (Å²) in [6.07, 6.45) is 5.34. The van der Waals surface area contributed by atoms with Gasteiger partial charge in [0.15, 0.2) is 0 Å². The number of carbonyl (C=O) groups excluding carboxylic acids is 1. The summed E-state index contributed by atoms with van der Waals surface area (Å²) >= 11 is 0. The summed E-state index contributed by atoms with van der Waals surface area (Å²) in [7, 11) is 0. The smallest absolute Gasteiger partial charge is 0.265 e. The maximum atomic E-state index is 12.1. The van der Waals surface area contributed by atoms with Crippen molar-refractivity contribution in [2.45, 2.75) is 0 Å². The molecule has 0 aliphatic heterocycles. The zero-order chi connectivity index (χ0) is 16.1. The van der Waals surface area contributed by atoms with Gasteiger partial charge in [0.05, 0.1) is 11.9 Å². The summed E-state index contributed by atoms with van der Waals surface area (Å²) in [6, 6.07) is 19.2. The van der Waals surface area contributed by atoms with Gasteiger partial charge in [-0.25, -0.2) is 10.5 Å². The van der Waals surface area contributed by atoms with Crippen LogP contribution in [-0.2, 0) is 4.79 Å². The van der Waals surface area contributed by atoms with Gasteiger partial charge in [0.1, 0.15) is 0 Å². The van der Waals surface area contributed by atoms with E-state index in [0.717, 1.165) is 16.8 Å². The minimum atomic E-state index is -0.344. The van der Waals surface area contributed by atoms with Gasteiger partial charge in [-0.15, -0.1) is 0 Å². The number of aromatic nitrogens is 2. The number of carbonyl (C=O) groups is 1. The zero-order valence-electron chi connectivity index (χ0n) is 12.4. The van der Waals surface area contributed by atoms with Crippen molar-refractivity contribution in [3.05, 3.63) is 84.2 Å². The molecule has 0 unspecified atom stereocenters. The Labute approximate surface area is 134 Å². The third-order valence-electron chi connectivity index (χ3n) is 3.39. The molecule has 114 valence electrons. The number of hydrazine groups is 1. The van der Waals surface area contributed by atoms with Crippen molar-refractivity contribution in [3.63, 3.8) is 0 Å². The first-order valence-corrected chi connectivity index (χ1v) is 7.16. The number of rotatable bonds is 4. The highest BCUT2D eigenvalue weighted by atomic mass is 16.2. The Kier molecular flexibility index (Phi) is 4.31. The van der Waals surface area contributed by atoms with E-state index >= 15 is 0 Å². The largest absolute Gasteiger partial charge is 0.290 e. The molecule has 0 saturated heterocycles. The zero-order valence-corrected chi connectivity index (χ0v) is 12.4. The van der Waals surface area contributed by atoms with Gasteiger partial charge in [-0.3, -0.25) is 10.2 Å². The Balaban J connectivity index is 1.98. The fourth-order valence-corrected chi connectivity index (χ4v) is 2.28. The maximum absolute atomic E-state index is 12.1. The lowest BCUT2D eigenvalue weighted by atomic mass is 10.0. The Hall–Kier alpha value is -3.18. The van der Waals surface area contributed by atoms with E-state index in [4.69, 9.17) is 5.84 Å². The van der Waals surface area contributed by atoms with Gasteiger partial charge in [0, 0.05) is 17.3 Å². The summed E-state index contributed by atoms with van der Waals surface area (Å²) in [5.41, 5.74) is 5.24. The van der Waals surface area contributed by atoms with Gasteiger partial charge in [-0.05, 0) is 23.8 Å². The van der Waals surface area contributed by atoms with Crippen LogP contribution in [0.15, 0.2) is 73.1 Å². The second-order valence-corrected chi connectivity index (χ2v) is 4.95. The molecule has 0 aliphatic rings. The SMILES string of the molecule is NNC(=O)/C(=C/c1cnn(-c2ccccc2)c1)c1ccccc1. The summed E-state index contributed by atoms with van der Waals surface area (Å²) in [5.74, 6) is 4.96. The first-order valence-electron chi connectivity index (χ1n) is 7.16. The number of hydrogen-bond donors (Lipinski definition) is 2. The van der Waals surface area contributed by atoms with Gasteiger partial charge in [-0.1, -0.05) is 48.5 Å². The van der Waals surface area contributed by atoms with Crippen LogP contribution in [0, 0.1) is 0 Å². The summed E-state index contributed by atoms with van der Waals surface area (Å²) in [4.78, 5) is 12.1. The van der Waals surface area contributed by atoms with E-state index in [2.05, 4.69) is 10.5 Å². The first kappa shape index (κ1) is 14.7. The Bertz CT molecular complexity index is 822. The van der Waals surface area contributed by atoms with Crippen LogP contribution in [0.4, 0.5) is 0 Å². The first-order chi connectivity index (χ1) is 11.3.